The maximum atomic E-state index is 5.55. The van der Waals surface area contributed by atoms with Gasteiger partial charge in [0.05, 0.1) is 12.8 Å². The Morgan fingerprint density at radius 3 is 2.78 bits per heavy atom. The first-order valence-corrected chi connectivity index (χ1v) is 9.83. The summed E-state index contributed by atoms with van der Waals surface area (Å²) in [6.45, 7) is 2.69. The Balaban J connectivity index is 1.58. The van der Waals surface area contributed by atoms with Crippen LogP contribution in [-0.2, 0) is 13.0 Å². The highest BCUT2D eigenvalue weighted by molar-refractivity contribution is 7.99. The van der Waals surface area contributed by atoms with Gasteiger partial charge < -0.3 is 4.42 Å². The average molecular weight is 376 g/mol. The molecule has 0 N–H and O–H groups in total. The predicted octanol–water partition coefficient (Wildman–Crippen LogP) is 4.62. The lowest BCUT2D eigenvalue weighted by Crippen LogP contribution is -2.04. The molecule has 3 aromatic heterocycles. The van der Waals surface area contributed by atoms with Crippen molar-refractivity contribution in [2.45, 2.75) is 25.0 Å². The third-order valence-electron chi connectivity index (χ3n) is 4.20. The first-order chi connectivity index (χ1) is 13.3. The molecule has 0 fully saturated rings. The number of aromatic nitrogens is 4. The van der Waals surface area contributed by atoms with Gasteiger partial charge in [-0.15, -0.1) is 10.2 Å². The van der Waals surface area contributed by atoms with Crippen molar-refractivity contribution in [1.29, 1.82) is 0 Å². The van der Waals surface area contributed by atoms with E-state index in [4.69, 9.17) is 4.42 Å². The van der Waals surface area contributed by atoms with Crippen LogP contribution in [0.3, 0.4) is 0 Å². The maximum absolute atomic E-state index is 5.55. The summed E-state index contributed by atoms with van der Waals surface area (Å²) in [5.74, 6) is 2.63. The molecule has 4 aromatic rings. The molecule has 0 amide bonds. The summed E-state index contributed by atoms with van der Waals surface area (Å²) >= 11 is 1.69. The molecule has 0 aliphatic heterocycles. The van der Waals surface area contributed by atoms with Crippen molar-refractivity contribution in [3.63, 3.8) is 0 Å². The molecule has 4 rings (SSSR count). The summed E-state index contributed by atoms with van der Waals surface area (Å²) in [5, 5.41) is 9.80. The second-order valence-electron chi connectivity index (χ2n) is 6.26. The Morgan fingerprint density at radius 2 is 2.00 bits per heavy atom. The number of aryl methyl sites for hydroxylation is 2. The Morgan fingerprint density at radius 1 is 1.04 bits per heavy atom. The number of furan rings is 1. The van der Waals surface area contributed by atoms with E-state index in [0.717, 1.165) is 40.2 Å². The van der Waals surface area contributed by atoms with Crippen molar-refractivity contribution in [2.24, 2.45) is 0 Å². The number of hydrogen-bond donors (Lipinski definition) is 0. The van der Waals surface area contributed by atoms with Crippen molar-refractivity contribution in [2.75, 3.05) is 5.75 Å². The number of rotatable bonds is 7. The highest BCUT2D eigenvalue weighted by Gasteiger charge is 2.16. The molecule has 0 atom stereocenters. The van der Waals surface area contributed by atoms with Crippen LogP contribution in [0.15, 0.2) is 76.6 Å². The Bertz CT molecular complexity index is 996. The number of nitrogens with zero attached hydrogens (tertiary/aromatic N) is 4. The predicted molar refractivity (Wildman–Crippen MR) is 107 cm³/mol. The van der Waals surface area contributed by atoms with Gasteiger partial charge in [-0.25, -0.2) is 0 Å². The molecular formula is C21H20N4OS. The molecule has 0 saturated heterocycles. The Hall–Kier alpha value is -2.86. The van der Waals surface area contributed by atoms with Crippen molar-refractivity contribution in [3.05, 3.63) is 84.1 Å². The van der Waals surface area contributed by atoms with Crippen LogP contribution in [0, 0.1) is 6.92 Å². The van der Waals surface area contributed by atoms with Gasteiger partial charge in [-0.2, -0.15) is 0 Å². The minimum Gasteiger partial charge on any atom is -0.467 e. The van der Waals surface area contributed by atoms with Gasteiger partial charge in [-0.05, 0) is 43.7 Å². The summed E-state index contributed by atoms with van der Waals surface area (Å²) in [6.07, 6.45) is 4.41. The van der Waals surface area contributed by atoms with Crippen LogP contribution in [0.1, 0.15) is 17.0 Å². The lowest BCUT2D eigenvalue weighted by molar-refractivity contribution is 0.485. The molecule has 136 valence electrons. The van der Waals surface area contributed by atoms with E-state index in [1.807, 2.05) is 42.6 Å². The van der Waals surface area contributed by atoms with Crippen molar-refractivity contribution < 1.29 is 4.42 Å². The molecule has 0 radical (unpaired) electrons. The van der Waals surface area contributed by atoms with E-state index in [2.05, 4.69) is 44.9 Å². The second-order valence-corrected chi connectivity index (χ2v) is 7.32. The van der Waals surface area contributed by atoms with Crippen LogP contribution in [-0.4, -0.2) is 25.5 Å². The number of pyridine rings is 1. The third-order valence-corrected chi connectivity index (χ3v) is 5.17. The second kappa shape index (κ2) is 8.22. The van der Waals surface area contributed by atoms with E-state index >= 15 is 0 Å². The topological polar surface area (TPSA) is 56.7 Å². The lowest BCUT2D eigenvalue weighted by atomic mass is 10.1. The fraction of sp³-hybridized carbons (Fsp3) is 0.190. The van der Waals surface area contributed by atoms with Gasteiger partial charge in [-0.1, -0.05) is 41.6 Å². The van der Waals surface area contributed by atoms with Crippen LogP contribution in [0.4, 0.5) is 0 Å². The van der Waals surface area contributed by atoms with Crippen molar-refractivity contribution >= 4 is 11.8 Å². The normalized spacial score (nSPS) is 11.0. The molecule has 27 heavy (non-hydrogen) atoms. The summed E-state index contributed by atoms with van der Waals surface area (Å²) in [4.78, 5) is 4.38. The van der Waals surface area contributed by atoms with E-state index in [1.54, 1.807) is 18.0 Å². The quantitative estimate of drug-likeness (QED) is 0.440. The smallest absolute Gasteiger partial charge is 0.191 e. The summed E-state index contributed by atoms with van der Waals surface area (Å²) < 4.78 is 7.68. The Kier molecular flexibility index (Phi) is 5.34. The number of benzene rings is 1. The van der Waals surface area contributed by atoms with E-state index in [0.29, 0.717) is 6.54 Å². The fourth-order valence-corrected chi connectivity index (χ4v) is 3.79. The molecule has 5 nitrogen and oxygen atoms in total. The zero-order chi connectivity index (χ0) is 18.5. The van der Waals surface area contributed by atoms with Gasteiger partial charge in [0.2, 0.25) is 0 Å². The molecule has 6 heteroatoms. The molecule has 0 spiro atoms. The van der Waals surface area contributed by atoms with Gasteiger partial charge in [0.15, 0.2) is 11.0 Å². The van der Waals surface area contributed by atoms with E-state index in [-0.39, 0.29) is 0 Å². The van der Waals surface area contributed by atoms with E-state index in [1.165, 1.54) is 5.56 Å². The molecule has 0 aliphatic rings. The number of hydrogen-bond acceptors (Lipinski definition) is 5. The fourth-order valence-electron chi connectivity index (χ4n) is 2.89. The zero-order valence-electron chi connectivity index (χ0n) is 15.1. The molecule has 3 heterocycles. The summed E-state index contributed by atoms with van der Waals surface area (Å²) in [6, 6.07) is 18.2. The van der Waals surface area contributed by atoms with Gasteiger partial charge >= 0.3 is 0 Å². The maximum Gasteiger partial charge on any atom is 0.191 e. The molecule has 0 saturated carbocycles. The van der Waals surface area contributed by atoms with E-state index < -0.39 is 0 Å². The number of thioether (sulfide) groups is 1. The van der Waals surface area contributed by atoms with Crippen molar-refractivity contribution in [1.82, 2.24) is 19.7 Å². The Labute approximate surface area is 162 Å². The van der Waals surface area contributed by atoms with Crippen LogP contribution in [0.5, 0.6) is 0 Å². The lowest BCUT2D eigenvalue weighted by Gasteiger charge is -2.09. The molecular weight excluding hydrogens is 356 g/mol. The zero-order valence-corrected chi connectivity index (χ0v) is 15.9. The van der Waals surface area contributed by atoms with E-state index in [9.17, 15) is 0 Å². The molecule has 1 aromatic carbocycles. The van der Waals surface area contributed by atoms with Crippen LogP contribution >= 0.6 is 11.8 Å². The largest absolute Gasteiger partial charge is 0.467 e. The minimum atomic E-state index is 0.606. The van der Waals surface area contributed by atoms with Crippen molar-refractivity contribution in [3.8, 4) is 11.4 Å². The van der Waals surface area contributed by atoms with Crippen LogP contribution in [0.25, 0.3) is 11.4 Å². The average Bonchev–Trinajstić information content (AvgIpc) is 3.34. The molecule has 0 unspecified atom stereocenters. The first-order valence-electron chi connectivity index (χ1n) is 8.85. The van der Waals surface area contributed by atoms with Crippen LogP contribution < -0.4 is 0 Å². The van der Waals surface area contributed by atoms with Gasteiger partial charge in [0.25, 0.3) is 0 Å². The van der Waals surface area contributed by atoms with Gasteiger partial charge in [0.1, 0.15) is 5.76 Å². The van der Waals surface area contributed by atoms with Gasteiger partial charge in [0, 0.05) is 23.2 Å². The third kappa shape index (κ3) is 4.28. The monoisotopic (exact) mass is 376 g/mol. The highest BCUT2D eigenvalue weighted by atomic mass is 32.2. The summed E-state index contributed by atoms with van der Waals surface area (Å²) in [7, 11) is 0. The minimum absolute atomic E-state index is 0.606. The summed E-state index contributed by atoms with van der Waals surface area (Å²) in [5.41, 5.74) is 3.34. The van der Waals surface area contributed by atoms with Gasteiger partial charge in [-0.3, -0.25) is 9.55 Å². The highest BCUT2D eigenvalue weighted by Crippen LogP contribution is 2.26. The SMILES string of the molecule is Cc1cccc(-c2nnc(SCCc3ccccn3)n2Cc2ccco2)c1. The molecule has 0 bridgehead atoms. The molecule has 0 aliphatic carbocycles. The standard InChI is InChI=1S/C21H20N4OS/c1-16-6-4-7-17(14-16)20-23-24-21(25(20)15-19-9-5-12-26-19)27-13-10-18-8-2-3-11-22-18/h2-9,11-12,14H,10,13,15H2,1H3. The van der Waals surface area contributed by atoms with Crippen LogP contribution in [0.2, 0.25) is 0 Å². The first kappa shape index (κ1) is 17.5.